The Hall–Kier alpha value is -3.91. The van der Waals surface area contributed by atoms with Crippen molar-refractivity contribution in [3.8, 4) is 17.6 Å². The minimum absolute atomic E-state index is 0.0687. The first kappa shape index (κ1) is 21.9. The number of aliphatic imine (C=N–C) groups is 1. The van der Waals surface area contributed by atoms with E-state index in [1.807, 2.05) is 30.3 Å². The summed E-state index contributed by atoms with van der Waals surface area (Å²) in [5.74, 6) is 1.76. The number of nitriles is 1. The van der Waals surface area contributed by atoms with E-state index in [9.17, 15) is 4.79 Å². The van der Waals surface area contributed by atoms with Crippen LogP contribution in [0.1, 0.15) is 69.8 Å². The maximum Gasteiger partial charge on any atom is 0.193 e. The van der Waals surface area contributed by atoms with Gasteiger partial charge in [0.25, 0.3) is 0 Å². The molecule has 0 N–H and O–H groups in total. The molecule has 1 fully saturated rings. The number of benzene rings is 3. The van der Waals surface area contributed by atoms with Crippen molar-refractivity contribution >= 4 is 11.5 Å². The lowest BCUT2D eigenvalue weighted by Gasteiger charge is -2.35. The number of fused-ring (bicyclic) bond motifs is 3. The second-order valence-corrected chi connectivity index (χ2v) is 8.83. The predicted octanol–water partition coefficient (Wildman–Crippen LogP) is 5.68. The van der Waals surface area contributed by atoms with Crippen LogP contribution in [-0.2, 0) is 0 Å². The van der Waals surface area contributed by atoms with E-state index in [-0.39, 0.29) is 11.8 Å². The molecule has 5 heteroatoms. The van der Waals surface area contributed by atoms with Gasteiger partial charge in [-0.25, -0.2) is 0 Å². The third kappa shape index (κ3) is 3.86. The predicted molar refractivity (Wildman–Crippen MR) is 131 cm³/mol. The molecular formula is C29H26N2O3. The number of hydrogen-bond acceptors (Lipinski definition) is 5. The number of rotatable bonds is 5. The van der Waals surface area contributed by atoms with Crippen molar-refractivity contribution in [1.29, 1.82) is 5.26 Å². The van der Waals surface area contributed by atoms with E-state index in [2.05, 4.69) is 12.1 Å². The molecule has 0 aromatic heterocycles. The Bertz CT molecular complexity index is 1300. The number of carbonyl (C=O) groups excluding carboxylic acids is 1. The zero-order valence-electron chi connectivity index (χ0n) is 19.4. The molecule has 2 aliphatic rings. The van der Waals surface area contributed by atoms with E-state index in [0.29, 0.717) is 28.4 Å². The standard InChI is InChI=1S/C29H26N2O3/c1-33-26-15-23-22-5-3-4-6-25(22)31-28(24(23)16-27(26)34-2)19-11-13-21(14-12-19)29(32)20-9-7-18(17-30)8-10-20/h7-16,22,25H,3-6H2,1-2H3/t22-,25-/m0/s1. The van der Waals surface area contributed by atoms with E-state index in [0.717, 1.165) is 35.4 Å². The molecule has 0 bridgehead atoms. The summed E-state index contributed by atoms with van der Waals surface area (Å²) < 4.78 is 11.2. The van der Waals surface area contributed by atoms with Crippen LogP contribution < -0.4 is 9.47 Å². The van der Waals surface area contributed by atoms with Gasteiger partial charge in [0.2, 0.25) is 0 Å². The highest BCUT2D eigenvalue weighted by molar-refractivity contribution is 6.16. The molecule has 3 aromatic rings. The van der Waals surface area contributed by atoms with Crippen LogP contribution in [0.3, 0.4) is 0 Å². The molecule has 0 saturated heterocycles. The summed E-state index contributed by atoms with van der Waals surface area (Å²) in [7, 11) is 3.32. The molecule has 5 nitrogen and oxygen atoms in total. The van der Waals surface area contributed by atoms with Gasteiger partial charge in [0.1, 0.15) is 0 Å². The Morgan fingerprint density at radius 3 is 2.18 bits per heavy atom. The van der Waals surface area contributed by atoms with Crippen LogP contribution >= 0.6 is 0 Å². The highest BCUT2D eigenvalue weighted by atomic mass is 16.5. The molecular weight excluding hydrogens is 424 g/mol. The summed E-state index contributed by atoms with van der Waals surface area (Å²) >= 11 is 0. The summed E-state index contributed by atoms with van der Waals surface area (Å²) in [5.41, 5.74) is 5.97. The third-order valence-electron chi connectivity index (χ3n) is 6.93. The summed E-state index contributed by atoms with van der Waals surface area (Å²) in [5, 5.41) is 8.98. The van der Waals surface area contributed by atoms with Gasteiger partial charge in [-0.1, -0.05) is 37.1 Å². The Balaban J connectivity index is 1.52. The molecule has 170 valence electrons. The quantitative estimate of drug-likeness (QED) is 0.469. The lowest BCUT2D eigenvalue weighted by molar-refractivity contribution is 0.103. The fourth-order valence-electron chi connectivity index (χ4n) is 5.14. The number of methoxy groups -OCH3 is 2. The van der Waals surface area contributed by atoms with E-state index in [4.69, 9.17) is 19.7 Å². The molecule has 3 aromatic carbocycles. The van der Waals surface area contributed by atoms with Gasteiger partial charge in [0, 0.05) is 28.2 Å². The molecule has 0 spiro atoms. The molecule has 1 aliphatic heterocycles. The summed E-state index contributed by atoms with van der Waals surface area (Å²) in [6, 6.07) is 20.9. The van der Waals surface area contributed by atoms with Gasteiger partial charge in [-0.15, -0.1) is 0 Å². The number of hydrogen-bond donors (Lipinski definition) is 0. The number of ether oxygens (including phenoxy) is 2. The topological polar surface area (TPSA) is 71.7 Å². The molecule has 1 saturated carbocycles. The molecule has 0 amide bonds. The highest BCUT2D eigenvalue weighted by Crippen LogP contribution is 2.44. The molecule has 0 radical (unpaired) electrons. The Morgan fingerprint density at radius 2 is 1.53 bits per heavy atom. The van der Waals surface area contributed by atoms with Gasteiger partial charge in [-0.05, 0) is 54.8 Å². The van der Waals surface area contributed by atoms with Gasteiger partial charge < -0.3 is 9.47 Å². The van der Waals surface area contributed by atoms with Crippen molar-refractivity contribution in [2.45, 2.75) is 37.6 Å². The second-order valence-electron chi connectivity index (χ2n) is 8.83. The summed E-state index contributed by atoms with van der Waals surface area (Å²) in [6.07, 6.45) is 4.61. The van der Waals surface area contributed by atoms with Crippen molar-refractivity contribution < 1.29 is 14.3 Å². The zero-order chi connectivity index (χ0) is 23.7. The number of carbonyl (C=O) groups is 1. The summed E-state index contributed by atoms with van der Waals surface area (Å²) in [6.45, 7) is 0. The first-order valence-corrected chi connectivity index (χ1v) is 11.6. The van der Waals surface area contributed by atoms with Crippen LogP contribution in [0, 0.1) is 11.3 Å². The molecule has 2 atom stereocenters. The largest absolute Gasteiger partial charge is 0.493 e. The van der Waals surface area contributed by atoms with Crippen LogP contribution in [0.4, 0.5) is 0 Å². The SMILES string of the molecule is COc1cc2c(cc1OC)[C@@H]1CCCC[C@@H]1N=C2c1ccc(C(=O)c2ccc(C#N)cc2)cc1. The fraction of sp³-hybridized carbons (Fsp3) is 0.276. The van der Waals surface area contributed by atoms with Gasteiger partial charge in [-0.3, -0.25) is 9.79 Å². The van der Waals surface area contributed by atoms with E-state index in [1.165, 1.54) is 18.4 Å². The third-order valence-corrected chi connectivity index (χ3v) is 6.93. The molecule has 1 aliphatic carbocycles. The normalized spacial score (nSPS) is 18.7. The lowest BCUT2D eigenvalue weighted by atomic mass is 9.75. The van der Waals surface area contributed by atoms with E-state index < -0.39 is 0 Å². The van der Waals surface area contributed by atoms with Crippen LogP contribution in [0.2, 0.25) is 0 Å². The van der Waals surface area contributed by atoms with Gasteiger partial charge >= 0.3 is 0 Å². The minimum Gasteiger partial charge on any atom is -0.493 e. The maximum atomic E-state index is 12.9. The maximum absolute atomic E-state index is 12.9. The van der Waals surface area contributed by atoms with Crippen LogP contribution in [-0.4, -0.2) is 31.8 Å². The van der Waals surface area contributed by atoms with Crippen LogP contribution in [0.15, 0.2) is 65.7 Å². The fourth-order valence-corrected chi connectivity index (χ4v) is 5.14. The highest BCUT2D eigenvalue weighted by Gasteiger charge is 2.34. The number of ketones is 1. The van der Waals surface area contributed by atoms with E-state index in [1.54, 1.807) is 38.5 Å². The number of nitrogens with zero attached hydrogens (tertiary/aromatic N) is 2. The van der Waals surface area contributed by atoms with Gasteiger partial charge in [0.15, 0.2) is 17.3 Å². The van der Waals surface area contributed by atoms with Crippen molar-refractivity contribution in [2.24, 2.45) is 4.99 Å². The molecule has 5 rings (SSSR count). The molecule has 34 heavy (non-hydrogen) atoms. The Labute approximate surface area is 199 Å². The molecule has 1 heterocycles. The first-order valence-electron chi connectivity index (χ1n) is 11.6. The van der Waals surface area contributed by atoms with Crippen molar-refractivity contribution in [2.75, 3.05) is 14.2 Å². The second kappa shape index (κ2) is 9.15. The van der Waals surface area contributed by atoms with Gasteiger partial charge in [-0.2, -0.15) is 5.26 Å². The average Bonchev–Trinajstić information content (AvgIpc) is 2.91. The van der Waals surface area contributed by atoms with Crippen molar-refractivity contribution in [3.05, 3.63) is 94.0 Å². The average molecular weight is 451 g/mol. The summed E-state index contributed by atoms with van der Waals surface area (Å²) in [4.78, 5) is 18.1. The van der Waals surface area contributed by atoms with Crippen LogP contribution in [0.5, 0.6) is 11.5 Å². The smallest absolute Gasteiger partial charge is 0.193 e. The van der Waals surface area contributed by atoms with E-state index >= 15 is 0 Å². The van der Waals surface area contributed by atoms with Crippen molar-refractivity contribution in [3.63, 3.8) is 0 Å². The minimum atomic E-state index is -0.0687. The Kier molecular flexibility index (Phi) is 5.90. The molecule has 0 unspecified atom stereocenters. The van der Waals surface area contributed by atoms with Crippen molar-refractivity contribution in [1.82, 2.24) is 0 Å². The lowest BCUT2D eigenvalue weighted by Crippen LogP contribution is -2.29. The Morgan fingerprint density at radius 1 is 0.912 bits per heavy atom. The van der Waals surface area contributed by atoms with Gasteiger partial charge in [0.05, 0.1) is 37.6 Å². The zero-order valence-corrected chi connectivity index (χ0v) is 19.4. The van der Waals surface area contributed by atoms with Crippen LogP contribution in [0.25, 0.3) is 0 Å². The first-order chi connectivity index (χ1) is 16.6. The monoisotopic (exact) mass is 450 g/mol.